The van der Waals surface area contributed by atoms with Gasteiger partial charge >= 0.3 is 0 Å². The van der Waals surface area contributed by atoms with Crippen molar-refractivity contribution in [3.05, 3.63) is 29.6 Å². The second-order valence-electron chi connectivity index (χ2n) is 4.13. The van der Waals surface area contributed by atoms with Gasteiger partial charge < -0.3 is 15.2 Å². The zero-order valence-corrected chi connectivity index (χ0v) is 10.4. The highest BCUT2D eigenvalue weighted by molar-refractivity contribution is 5.29. The molecule has 96 valence electrons. The Labute approximate surface area is 102 Å². The number of halogens is 1. The van der Waals surface area contributed by atoms with E-state index < -0.39 is 6.10 Å². The van der Waals surface area contributed by atoms with Crippen LogP contribution in [0.2, 0.25) is 0 Å². The lowest BCUT2D eigenvalue weighted by Gasteiger charge is -2.10. The molecular formula is C13H20FNO2. The topological polar surface area (TPSA) is 41.5 Å². The van der Waals surface area contributed by atoms with Gasteiger partial charge in [0.1, 0.15) is 18.2 Å². The lowest BCUT2D eigenvalue weighted by Crippen LogP contribution is -2.15. The van der Waals surface area contributed by atoms with Crippen molar-refractivity contribution in [1.29, 1.82) is 0 Å². The van der Waals surface area contributed by atoms with Crippen LogP contribution in [0.4, 0.5) is 4.39 Å². The Morgan fingerprint density at radius 1 is 1.41 bits per heavy atom. The van der Waals surface area contributed by atoms with Crippen LogP contribution in [0.15, 0.2) is 18.2 Å². The molecule has 4 heteroatoms. The van der Waals surface area contributed by atoms with Crippen molar-refractivity contribution >= 4 is 0 Å². The molecule has 0 saturated carbocycles. The summed E-state index contributed by atoms with van der Waals surface area (Å²) < 4.78 is 18.6. The maximum atomic E-state index is 13.3. The minimum Gasteiger partial charge on any atom is -0.491 e. The van der Waals surface area contributed by atoms with E-state index in [1.165, 1.54) is 12.1 Å². The largest absolute Gasteiger partial charge is 0.491 e. The Bertz CT molecular complexity index is 342. The Kier molecular flexibility index (Phi) is 5.94. The molecular weight excluding hydrogens is 221 g/mol. The van der Waals surface area contributed by atoms with E-state index in [-0.39, 0.29) is 12.4 Å². The monoisotopic (exact) mass is 241 g/mol. The van der Waals surface area contributed by atoms with Crippen LogP contribution in [0.1, 0.15) is 25.8 Å². The first-order valence-corrected chi connectivity index (χ1v) is 5.93. The molecule has 0 aromatic heterocycles. The van der Waals surface area contributed by atoms with E-state index in [0.29, 0.717) is 12.3 Å². The number of hydrogen-bond acceptors (Lipinski definition) is 3. The van der Waals surface area contributed by atoms with Crippen LogP contribution in [0, 0.1) is 5.82 Å². The highest BCUT2D eigenvalue weighted by atomic mass is 19.1. The SMILES string of the molecule is CCCNCc1cc(F)cc(OCC(C)O)c1. The van der Waals surface area contributed by atoms with Crippen LogP contribution in [-0.4, -0.2) is 24.4 Å². The van der Waals surface area contributed by atoms with Gasteiger partial charge in [0, 0.05) is 12.6 Å². The molecule has 0 aliphatic rings. The van der Waals surface area contributed by atoms with E-state index in [0.717, 1.165) is 18.5 Å². The summed E-state index contributed by atoms with van der Waals surface area (Å²) in [7, 11) is 0. The number of benzene rings is 1. The zero-order chi connectivity index (χ0) is 12.7. The van der Waals surface area contributed by atoms with Gasteiger partial charge in [0.05, 0.1) is 6.10 Å². The van der Waals surface area contributed by atoms with E-state index in [2.05, 4.69) is 12.2 Å². The van der Waals surface area contributed by atoms with Crippen LogP contribution in [0.3, 0.4) is 0 Å². The standard InChI is InChI=1S/C13H20FNO2/c1-3-4-15-8-11-5-12(14)7-13(6-11)17-9-10(2)16/h5-7,10,15-16H,3-4,8-9H2,1-2H3. The van der Waals surface area contributed by atoms with Gasteiger partial charge in [0.2, 0.25) is 0 Å². The van der Waals surface area contributed by atoms with Crippen molar-refractivity contribution in [2.75, 3.05) is 13.2 Å². The fourth-order valence-electron chi connectivity index (χ4n) is 1.43. The van der Waals surface area contributed by atoms with Gasteiger partial charge in [-0.3, -0.25) is 0 Å². The Hall–Kier alpha value is -1.13. The van der Waals surface area contributed by atoms with E-state index in [9.17, 15) is 4.39 Å². The van der Waals surface area contributed by atoms with Crippen molar-refractivity contribution in [1.82, 2.24) is 5.32 Å². The number of nitrogens with one attached hydrogen (secondary N) is 1. The first kappa shape index (κ1) is 13.9. The smallest absolute Gasteiger partial charge is 0.127 e. The first-order valence-electron chi connectivity index (χ1n) is 5.93. The number of aliphatic hydroxyl groups is 1. The van der Waals surface area contributed by atoms with Gasteiger partial charge in [-0.2, -0.15) is 0 Å². The molecule has 0 spiro atoms. The summed E-state index contributed by atoms with van der Waals surface area (Å²) in [6, 6.07) is 4.59. The number of ether oxygens (including phenoxy) is 1. The van der Waals surface area contributed by atoms with Crippen molar-refractivity contribution in [2.45, 2.75) is 32.9 Å². The normalized spacial score (nSPS) is 12.5. The molecule has 1 rings (SSSR count). The summed E-state index contributed by atoms with van der Waals surface area (Å²) >= 11 is 0. The molecule has 17 heavy (non-hydrogen) atoms. The third-order valence-corrected chi connectivity index (χ3v) is 2.18. The summed E-state index contributed by atoms with van der Waals surface area (Å²) in [5.74, 6) is 0.139. The lowest BCUT2D eigenvalue weighted by atomic mass is 10.2. The molecule has 0 radical (unpaired) electrons. The van der Waals surface area contributed by atoms with Crippen molar-refractivity contribution < 1.29 is 14.2 Å². The highest BCUT2D eigenvalue weighted by Gasteiger charge is 2.03. The minimum atomic E-state index is -0.556. The second kappa shape index (κ2) is 7.25. The van der Waals surface area contributed by atoms with Crippen LogP contribution in [0.25, 0.3) is 0 Å². The molecule has 0 aliphatic carbocycles. The Morgan fingerprint density at radius 2 is 2.18 bits per heavy atom. The molecule has 0 bridgehead atoms. The Balaban J connectivity index is 2.59. The van der Waals surface area contributed by atoms with Gasteiger partial charge in [-0.15, -0.1) is 0 Å². The predicted molar refractivity (Wildman–Crippen MR) is 65.6 cm³/mol. The van der Waals surface area contributed by atoms with E-state index in [4.69, 9.17) is 9.84 Å². The Morgan fingerprint density at radius 3 is 2.82 bits per heavy atom. The number of aliphatic hydroxyl groups excluding tert-OH is 1. The molecule has 3 nitrogen and oxygen atoms in total. The average molecular weight is 241 g/mol. The first-order chi connectivity index (χ1) is 8.11. The van der Waals surface area contributed by atoms with Crippen molar-refractivity contribution in [2.24, 2.45) is 0 Å². The van der Waals surface area contributed by atoms with Crippen LogP contribution < -0.4 is 10.1 Å². The van der Waals surface area contributed by atoms with Gasteiger partial charge in [-0.05, 0) is 37.6 Å². The molecule has 1 aromatic carbocycles. The third-order valence-electron chi connectivity index (χ3n) is 2.18. The fourth-order valence-corrected chi connectivity index (χ4v) is 1.43. The van der Waals surface area contributed by atoms with Crippen LogP contribution in [-0.2, 0) is 6.54 Å². The average Bonchev–Trinajstić information content (AvgIpc) is 2.26. The molecule has 0 fully saturated rings. The molecule has 0 heterocycles. The summed E-state index contributed by atoms with van der Waals surface area (Å²) in [6.07, 6.45) is 0.487. The van der Waals surface area contributed by atoms with Crippen molar-refractivity contribution in [3.63, 3.8) is 0 Å². The number of rotatable bonds is 7. The van der Waals surface area contributed by atoms with Crippen LogP contribution >= 0.6 is 0 Å². The van der Waals surface area contributed by atoms with Crippen molar-refractivity contribution in [3.8, 4) is 5.75 Å². The van der Waals surface area contributed by atoms with E-state index in [1.807, 2.05) is 0 Å². The zero-order valence-electron chi connectivity index (χ0n) is 10.4. The quantitative estimate of drug-likeness (QED) is 0.718. The summed E-state index contributed by atoms with van der Waals surface area (Å²) in [4.78, 5) is 0. The third kappa shape index (κ3) is 5.65. The molecule has 0 saturated heterocycles. The number of hydrogen-bond donors (Lipinski definition) is 2. The summed E-state index contributed by atoms with van der Waals surface area (Å²) in [5, 5.41) is 12.3. The molecule has 1 atom stereocenters. The molecule has 2 N–H and O–H groups in total. The van der Waals surface area contributed by atoms with E-state index >= 15 is 0 Å². The maximum absolute atomic E-state index is 13.3. The fraction of sp³-hybridized carbons (Fsp3) is 0.538. The minimum absolute atomic E-state index is 0.172. The predicted octanol–water partition coefficient (Wildman–Crippen LogP) is 2.08. The van der Waals surface area contributed by atoms with Gasteiger partial charge in [0.15, 0.2) is 0 Å². The summed E-state index contributed by atoms with van der Waals surface area (Å²) in [6.45, 7) is 5.40. The highest BCUT2D eigenvalue weighted by Crippen LogP contribution is 2.16. The van der Waals surface area contributed by atoms with Crippen LogP contribution in [0.5, 0.6) is 5.75 Å². The second-order valence-corrected chi connectivity index (χ2v) is 4.13. The molecule has 1 unspecified atom stereocenters. The molecule has 1 aromatic rings. The lowest BCUT2D eigenvalue weighted by molar-refractivity contribution is 0.122. The van der Waals surface area contributed by atoms with Gasteiger partial charge in [0.25, 0.3) is 0 Å². The summed E-state index contributed by atoms with van der Waals surface area (Å²) in [5.41, 5.74) is 0.846. The molecule has 0 aliphatic heterocycles. The van der Waals surface area contributed by atoms with Gasteiger partial charge in [-0.1, -0.05) is 6.92 Å². The van der Waals surface area contributed by atoms with Gasteiger partial charge in [-0.25, -0.2) is 4.39 Å². The molecule has 0 amide bonds. The van der Waals surface area contributed by atoms with E-state index in [1.54, 1.807) is 13.0 Å². The maximum Gasteiger partial charge on any atom is 0.127 e.